The van der Waals surface area contributed by atoms with Gasteiger partial charge in [-0.15, -0.1) is 0 Å². The molecule has 0 heterocycles. The van der Waals surface area contributed by atoms with Gasteiger partial charge in [-0.1, -0.05) is 30.7 Å². The van der Waals surface area contributed by atoms with E-state index < -0.39 is 10.0 Å². The first-order valence-electron chi connectivity index (χ1n) is 9.98. The number of sulfonamides is 1. The van der Waals surface area contributed by atoms with Gasteiger partial charge in [-0.25, -0.2) is 8.42 Å². The molecule has 0 aromatic heterocycles. The first kappa shape index (κ1) is 19.8. The van der Waals surface area contributed by atoms with Crippen LogP contribution in [-0.2, 0) is 14.8 Å². The molecule has 0 spiro atoms. The minimum Gasteiger partial charge on any atom is -0.497 e. The van der Waals surface area contributed by atoms with Crippen molar-refractivity contribution >= 4 is 21.6 Å². The molecule has 2 aliphatic rings. The van der Waals surface area contributed by atoms with Crippen LogP contribution in [0.5, 0.6) is 5.75 Å². The number of carbonyl (C=O) groups excluding carboxylic acids is 1. The Morgan fingerprint density at radius 2 is 1.90 bits per heavy atom. The van der Waals surface area contributed by atoms with Gasteiger partial charge in [-0.05, 0) is 55.4 Å². The number of benzene rings is 2. The van der Waals surface area contributed by atoms with E-state index in [1.54, 1.807) is 42.5 Å². The highest BCUT2D eigenvalue weighted by atomic mass is 32.2. The smallest absolute Gasteiger partial charge is 0.264 e. The highest BCUT2D eigenvalue weighted by Crippen LogP contribution is 2.44. The Morgan fingerprint density at radius 1 is 1.10 bits per heavy atom. The summed E-state index contributed by atoms with van der Waals surface area (Å²) >= 11 is 0. The van der Waals surface area contributed by atoms with Gasteiger partial charge in [-0.2, -0.15) is 0 Å². The van der Waals surface area contributed by atoms with Crippen molar-refractivity contribution in [1.29, 1.82) is 0 Å². The van der Waals surface area contributed by atoms with Crippen molar-refractivity contribution in [3.8, 4) is 5.75 Å². The molecule has 1 N–H and O–H groups in total. The lowest BCUT2D eigenvalue weighted by Crippen LogP contribution is -2.46. The highest BCUT2D eigenvalue weighted by molar-refractivity contribution is 7.92. The molecule has 2 aliphatic carbocycles. The molecule has 2 saturated carbocycles. The third-order valence-electron chi connectivity index (χ3n) is 6.04. The van der Waals surface area contributed by atoms with Gasteiger partial charge in [0, 0.05) is 12.1 Å². The van der Waals surface area contributed by atoms with Gasteiger partial charge in [0.2, 0.25) is 5.91 Å². The molecule has 2 fully saturated rings. The number of nitrogens with zero attached hydrogens (tertiary/aromatic N) is 1. The van der Waals surface area contributed by atoms with Crippen molar-refractivity contribution in [1.82, 2.24) is 5.32 Å². The number of amides is 1. The summed E-state index contributed by atoms with van der Waals surface area (Å²) in [5, 5.41) is 3.09. The summed E-state index contributed by atoms with van der Waals surface area (Å²) in [7, 11) is -2.38. The van der Waals surface area contributed by atoms with E-state index in [1.807, 2.05) is 0 Å². The van der Waals surface area contributed by atoms with E-state index in [0.717, 1.165) is 17.1 Å². The van der Waals surface area contributed by atoms with E-state index in [2.05, 4.69) is 5.32 Å². The summed E-state index contributed by atoms with van der Waals surface area (Å²) in [5.74, 6) is 1.49. The van der Waals surface area contributed by atoms with E-state index in [4.69, 9.17) is 4.74 Å². The van der Waals surface area contributed by atoms with Crippen LogP contribution in [-0.4, -0.2) is 34.0 Å². The van der Waals surface area contributed by atoms with Crippen LogP contribution < -0.4 is 14.4 Å². The third-order valence-corrected chi connectivity index (χ3v) is 7.83. The molecular formula is C22H26N2O4S. The van der Waals surface area contributed by atoms with E-state index in [-0.39, 0.29) is 23.4 Å². The Balaban J connectivity index is 1.60. The number of rotatable bonds is 7. The number of methoxy groups -OCH3 is 1. The van der Waals surface area contributed by atoms with Gasteiger partial charge in [0.1, 0.15) is 12.3 Å². The van der Waals surface area contributed by atoms with Gasteiger partial charge in [-0.3, -0.25) is 9.10 Å². The maximum absolute atomic E-state index is 13.3. The predicted molar refractivity (Wildman–Crippen MR) is 111 cm³/mol. The van der Waals surface area contributed by atoms with Crippen LogP contribution in [0.4, 0.5) is 5.69 Å². The van der Waals surface area contributed by atoms with Crippen molar-refractivity contribution in [2.45, 2.75) is 36.6 Å². The van der Waals surface area contributed by atoms with Gasteiger partial charge in [0.05, 0.1) is 17.7 Å². The minimum absolute atomic E-state index is 0.149. The fourth-order valence-electron chi connectivity index (χ4n) is 4.60. The van der Waals surface area contributed by atoms with Crippen molar-refractivity contribution in [2.24, 2.45) is 11.8 Å². The first-order valence-corrected chi connectivity index (χ1v) is 11.4. The van der Waals surface area contributed by atoms with Crippen LogP contribution in [0, 0.1) is 11.8 Å². The largest absolute Gasteiger partial charge is 0.497 e. The van der Waals surface area contributed by atoms with Crippen LogP contribution in [0.1, 0.15) is 25.7 Å². The fourth-order valence-corrected chi connectivity index (χ4v) is 6.04. The topological polar surface area (TPSA) is 75.7 Å². The number of hydrogen-bond acceptors (Lipinski definition) is 4. The minimum atomic E-state index is -3.90. The number of nitrogens with one attached hydrogen (secondary N) is 1. The summed E-state index contributed by atoms with van der Waals surface area (Å²) in [6.07, 6.45) is 4.57. The molecule has 154 valence electrons. The zero-order valence-corrected chi connectivity index (χ0v) is 17.3. The zero-order chi connectivity index (χ0) is 20.4. The lowest BCUT2D eigenvalue weighted by molar-refractivity contribution is -0.120. The van der Waals surface area contributed by atoms with Crippen LogP contribution in [0.3, 0.4) is 0 Å². The van der Waals surface area contributed by atoms with E-state index in [0.29, 0.717) is 23.3 Å². The number of hydrogen-bond donors (Lipinski definition) is 1. The molecule has 2 aromatic carbocycles. The SMILES string of the molecule is COc1cccc(N(CC(=O)N[C@H]2C[C@H]3CC[C@H]2C3)S(=O)(=O)c2ccccc2)c1. The quantitative estimate of drug-likeness (QED) is 0.755. The zero-order valence-electron chi connectivity index (χ0n) is 16.5. The van der Waals surface area contributed by atoms with Gasteiger partial charge < -0.3 is 10.1 Å². The number of anilines is 1. The van der Waals surface area contributed by atoms with E-state index in [9.17, 15) is 13.2 Å². The second-order valence-corrected chi connectivity index (χ2v) is 9.74. The molecule has 0 aliphatic heterocycles. The van der Waals surface area contributed by atoms with E-state index >= 15 is 0 Å². The average molecular weight is 415 g/mol. The molecule has 0 unspecified atom stereocenters. The lowest BCUT2D eigenvalue weighted by Gasteiger charge is -2.27. The number of ether oxygens (including phenoxy) is 1. The predicted octanol–water partition coefficient (Wildman–Crippen LogP) is 3.20. The molecule has 29 heavy (non-hydrogen) atoms. The molecule has 2 aromatic rings. The van der Waals surface area contributed by atoms with Crippen molar-refractivity contribution in [3.63, 3.8) is 0 Å². The molecule has 2 bridgehead atoms. The standard InChI is InChI=1S/C22H26N2O4S/c1-28-19-7-5-6-18(14-19)24(29(26,27)20-8-3-2-4-9-20)15-22(25)23-21-13-16-10-11-17(21)12-16/h2-9,14,16-17,21H,10-13,15H2,1H3,(H,23,25)/t16-,17-,21-/m0/s1. The Bertz CT molecular complexity index is 977. The highest BCUT2D eigenvalue weighted by Gasteiger charge is 2.40. The molecule has 0 saturated heterocycles. The maximum Gasteiger partial charge on any atom is 0.264 e. The molecule has 6 nitrogen and oxygen atoms in total. The first-order chi connectivity index (χ1) is 14.0. The summed E-state index contributed by atoms with van der Waals surface area (Å²) in [6, 6.07) is 15.1. The van der Waals surface area contributed by atoms with Crippen molar-refractivity contribution in [2.75, 3.05) is 18.0 Å². The lowest BCUT2D eigenvalue weighted by atomic mass is 9.95. The second kappa shape index (κ2) is 8.06. The van der Waals surface area contributed by atoms with Crippen LogP contribution in [0.25, 0.3) is 0 Å². The number of fused-ring (bicyclic) bond motifs is 2. The molecule has 0 radical (unpaired) electrons. The van der Waals surface area contributed by atoms with Crippen LogP contribution >= 0.6 is 0 Å². The average Bonchev–Trinajstić information content (AvgIpc) is 3.36. The Hall–Kier alpha value is -2.54. The van der Waals surface area contributed by atoms with Crippen molar-refractivity contribution < 1.29 is 17.9 Å². The third kappa shape index (κ3) is 4.10. The molecule has 4 rings (SSSR count). The monoisotopic (exact) mass is 414 g/mol. The van der Waals surface area contributed by atoms with Crippen LogP contribution in [0.2, 0.25) is 0 Å². The maximum atomic E-state index is 13.3. The molecule has 1 amide bonds. The molecule has 3 atom stereocenters. The Labute approximate surface area is 171 Å². The van der Waals surface area contributed by atoms with E-state index in [1.165, 1.54) is 32.1 Å². The summed E-state index contributed by atoms with van der Waals surface area (Å²) in [6.45, 7) is -0.266. The summed E-state index contributed by atoms with van der Waals surface area (Å²) < 4.78 is 33.1. The summed E-state index contributed by atoms with van der Waals surface area (Å²) in [4.78, 5) is 13.0. The second-order valence-electron chi connectivity index (χ2n) is 7.88. The Kier molecular flexibility index (Phi) is 5.50. The molecular weight excluding hydrogens is 388 g/mol. The molecule has 7 heteroatoms. The summed E-state index contributed by atoms with van der Waals surface area (Å²) in [5.41, 5.74) is 0.399. The Morgan fingerprint density at radius 3 is 2.55 bits per heavy atom. The normalized spacial score (nSPS) is 23.0. The van der Waals surface area contributed by atoms with Crippen LogP contribution in [0.15, 0.2) is 59.5 Å². The number of carbonyl (C=O) groups is 1. The van der Waals surface area contributed by atoms with Gasteiger partial charge >= 0.3 is 0 Å². The van der Waals surface area contributed by atoms with Crippen molar-refractivity contribution in [3.05, 3.63) is 54.6 Å². The van der Waals surface area contributed by atoms with Gasteiger partial charge in [0.25, 0.3) is 10.0 Å². The van der Waals surface area contributed by atoms with Gasteiger partial charge in [0.15, 0.2) is 0 Å². The fraction of sp³-hybridized carbons (Fsp3) is 0.409.